The molecule has 2 aliphatic carbocycles. The summed E-state index contributed by atoms with van der Waals surface area (Å²) in [5.74, 6) is 0.359. The second-order valence-electron chi connectivity index (χ2n) is 8.43. The molecule has 28 heavy (non-hydrogen) atoms. The summed E-state index contributed by atoms with van der Waals surface area (Å²) in [5.41, 5.74) is 1.88. The van der Waals surface area contributed by atoms with Crippen molar-refractivity contribution in [3.05, 3.63) is 51.6 Å². The van der Waals surface area contributed by atoms with Gasteiger partial charge in [0.1, 0.15) is 11.9 Å². The molecule has 150 valence electrons. The quantitative estimate of drug-likeness (QED) is 0.691. The van der Waals surface area contributed by atoms with Gasteiger partial charge in [-0.3, -0.25) is 4.79 Å². The van der Waals surface area contributed by atoms with Gasteiger partial charge in [-0.25, -0.2) is 0 Å². The van der Waals surface area contributed by atoms with Gasteiger partial charge < -0.3 is 14.9 Å². The zero-order valence-corrected chi connectivity index (χ0v) is 17.5. The Morgan fingerprint density at radius 3 is 2.68 bits per heavy atom. The van der Waals surface area contributed by atoms with E-state index in [1.54, 1.807) is 18.9 Å². The molecular weight excluding hydrogens is 372 g/mol. The number of rotatable bonds is 6. The Morgan fingerprint density at radius 1 is 1.36 bits per heavy atom. The van der Waals surface area contributed by atoms with Crippen molar-refractivity contribution in [2.45, 2.75) is 56.8 Å². The zero-order chi connectivity index (χ0) is 20.1. The maximum Gasteiger partial charge on any atom is 0.310 e. The van der Waals surface area contributed by atoms with Gasteiger partial charge in [-0.1, -0.05) is 37.6 Å². The van der Waals surface area contributed by atoms with Crippen LogP contribution in [0.3, 0.4) is 0 Å². The van der Waals surface area contributed by atoms with E-state index in [9.17, 15) is 15.0 Å². The highest BCUT2D eigenvalue weighted by molar-refractivity contribution is 8.05. The van der Waals surface area contributed by atoms with Crippen LogP contribution in [0.4, 0.5) is 0 Å². The minimum Gasteiger partial charge on any atom is -0.496 e. The smallest absolute Gasteiger partial charge is 0.310 e. The van der Waals surface area contributed by atoms with E-state index in [4.69, 9.17) is 4.74 Å². The first-order chi connectivity index (χ1) is 13.4. The molecule has 0 amide bonds. The Hall–Kier alpha value is -1.72. The molecule has 1 aliphatic heterocycles. The minimum absolute atomic E-state index is 0.359. The number of thioether (sulfide) groups is 1. The molecule has 0 bridgehead atoms. The van der Waals surface area contributed by atoms with Crippen molar-refractivity contribution in [1.29, 1.82) is 0 Å². The summed E-state index contributed by atoms with van der Waals surface area (Å²) in [6.07, 6.45) is 5.40. The molecule has 1 saturated carbocycles. The Bertz CT molecular complexity index is 869. The highest BCUT2D eigenvalue weighted by Crippen LogP contribution is 2.68. The van der Waals surface area contributed by atoms with E-state index < -0.39 is 22.2 Å². The van der Waals surface area contributed by atoms with E-state index in [2.05, 4.69) is 0 Å². The average molecular weight is 401 g/mol. The van der Waals surface area contributed by atoms with Crippen LogP contribution in [0.2, 0.25) is 0 Å². The number of aliphatic hydroxyl groups excluding tert-OH is 1. The number of ether oxygens (including phenoxy) is 1. The van der Waals surface area contributed by atoms with E-state index in [0.29, 0.717) is 18.8 Å². The number of aliphatic hydroxyl groups is 1. The first-order valence-electron chi connectivity index (χ1n) is 10.1. The van der Waals surface area contributed by atoms with Crippen molar-refractivity contribution in [2.75, 3.05) is 7.11 Å². The van der Waals surface area contributed by atoms with Crippen LogP contribution in [0.15, 0.2) is 40.5 Å². The van der Waals surface area contributed by atoms with Crippen LogP contribution in [0.1, 0.15) is 63.2 Å². The first-order valence-corrected chi connectivity index (χ1v) is 10.9. The second kappa shape index (κ2) is 6.96. The number of aliphatic carboxylic acids is 1. The normalized spacial score (nSPS) is 28.7. The molecule has 4 rings (SSSR count). The summed E-state index contributed by atoms with van der Waals surface area (Å²) in [7, 11) is 1.65. The molecule has 0 radical (unpaired) electrons. The van der Waals surface area contributed by atoms with Crippen molar-refractivity contribution < 1.29 is 19.7 Å². The Kier molecular flexibility index (Phi) is 4.87. The molecule has 5 heteroatoms. The van der Waals surface area contributed by atoms with Gasteiger partial charge in [0, 0.05) is 4.75 Å². The van der Waals surface area contributed by atoms with Crippen LogP contribution in [-0.2, 0) is 9.53 Å². The molecule has 4 nitrogen and oxygen atoms in total. The molecule has 3 unspecified atom stereocenters. The van der Waals surface area contributed by atoms with Crippen LogP contribution in [-0.4, -0.2) is 28.0 Å². The molecular formula is C23H28O4S. The summed E-state index contributed by atoms with van der Waals surface area (Å²) in [6, 6.07) is 7.82. The van der Waals surface area contributed by atoms with Crippen molar-refractivity contribution in [1.82, 2.24) is 0 Å². The van der Waals surface area contributed by atoms with Crippen LogP contribution >= 0.6 is 11.8 Å². The van der Waals surface area contributed by atoms with E-state index in [1.807, 2.05) is 44.2 Å². The highest BCUT2D eigenvalue weighted by atomic mass is 32.2. The van der Waals surface area contributed by atoms with Gasteiger partial charge in [-0.05, 0) is 61.3 Å². The zero-order valence-electron chi connectivity index (χ0n) is 16.7. The van der Waals surface area contributed by atoms with Crippen molar-refractivity contribution in [3.63, 3.8) is 0 Å². The predicted molar refractivity (Wildman–Crippen MR) is 112 cm³/mol. The lowest BCUT2D eigenvalue weighted by Crippen LogP contribution is -2.50. The number of carbonyl (C=O) groups is 1. The molecule has 0 aromatic heterocycles. The van der Waals surface area contributed by atoms with Crippen molar-refractivity contribution in [3.8, 4) is 0 Å². The van der Waals surface area contributed by atoms with Crippen LogP contribution in [0, 0.1) is 11.3 Å². The summed E-state index contributed by atoms with van der Waals surface area (Å²) >= 11 is 1.65. The number of benzene rings is 1. The van der Waals surface area contributed by atoms with Gasteiger partial charge in [-0.2, -0.15) is 0 Å². The Labute approximate surface area is 170 Å². The summed E-state index contributed by atoms with van der Waals surface area (Å²) < 4.78 is 5.30. The third-order valence-corrected chi connectivity index (χ3v) is 8.73. The molecule has 2 N–H and O–H groups in total. The van der Waals surface area contributed by atoms with E-state index in [-0.39, 0.29) is 0 Å². The fourth-order valence-corrected chi connectivity index (χ4v) is 7.02. The molecule has 1 aromatic carbocycles. The second-order valence-corrected chi connectivity index (χ2v) is 9.77. The van der Waals surface area contributed by atoms with Gasteiger partial charge in [0.05, 0.1) is 17.4 Å². The maximum atomic E-state index is 12.5. The predicted octanol–water partition coefficient (Wildman–Crippen LogP) is 5.15. The van der Waals surface area contributed by atoms with Crippen molar-refractivity contribution in [2.24, 2.45) is 11.3 Å². The molecule has 0 saturated heterocycles. The molecule has 1 fully saturated rings. The monoisotopic (exact) mass is 400 g/mol. The SMILES string of the molecule is CCCC(C)(C(=O)O)C1(C2CC2)CC2=C(S1)C(OC)=Cc1ccccc1C2O. The number of carboxylic acids is 1. The fraction of sp³-hybridized carbons (Fsp3) is 0.522. The van der Waals surface area contributed by atoms with Crippen LogP contribution in [0.5, 0.6) is 0 Å². The fourth-order valence-electron chi connectivity index (χ4n) is 5.05. The molecule has 3 aliphatic rings. The lowest BCUT2D eigenvalue weighted by atomic mass is 9.67. The largest absolute Gasteiger partial charge is 0.496 e. The number of carboxylic acid groups (broad SMARTS) is 1. The van der Waals surface area contributed by atoms with E-state index in [1.165, 1.54) is 0 Å². The van der Waals surface area contributed by atoms with Crippen LogP contribution in [0.25, 0.3) is 6.08 Å². The first kappa shape index (κ1) is 19.6. The lowest BCUT2D eigenvalue weighted by Gasteiger charge is -2.44. The van der Waals surface area contributed by atoms with Gasteiger partial charge >= 0.3 is 5.97 Å². The van der Waals surface area contributed by atoms with E-state index in [0.717, 1.165) is 46.6 Å². The summed E-state index contributed by atoms with van der Waals surface area (Å²) in [6.45, 7) is 3.96. The number of hydrogen-bond acceptors (Lipinski definition) is 4. The third-order valence-electron chi connectivity index (χ3n) is 6.77. The van der Waals surface area contributed by atoms with Gasteiger partial charge in [0.2, 0.25) is 0 Å². The standard InChI is InChI=1S/C23H28O4S/c1-4-11-22(2,21(25)26)23(15-9-10-15)13-17-19(24)16-8-6-5-7-14(16)12-18(27-3)20(17)28-23/h5-8,12,15,19,24H,4,9-11,13H2,1-3H3,(H,25,26). The number of hydrogen-bond donors (Lipinski definition) is 2. The minimum atomic E-state index is -0.849. The lowest BCUT2D eigenvalue weighted by molar-refractivity contribution is -0.151. The Balaban J connectivity index is 1.84. The van der Waals surface area contributed by atoms with Crippen molar-refractivity contribution >= 4 is 23.8 Å². The molecule has 0 spiro atoms. The van der Waals surface area contributed by atoms with Gasteiger partial charge in [0.25, 0.3) is 0 Å². The van der Waals surface area contributed by atoms with Crippen LogP contribution < -0.4 is 0 Å². The Morgan fingerprint density at radius 2 is 2.07 bits per heavy atom. The summed E-state index contributed by atoms with van der Waals surface area (Å²) in [4.78, 5) is 13.4. The topological polar surface area (TPSA) is 66.8 Å². The molecule has 1 aromatic rings. The van der Waals surface area contributed by atoms with E-state index >= 15 is 0 Å². The molecule has 3 atom stereocenters. The molecule has 1 heterocycles. The number of methoxy groups -OCH3 is 1. The maximum absolute atomic E-state index is 12.5. The van der Waals surface area contributed by atoms with Gasteiger partial charge in [-0.15, -0.1) is 11.8 Å². The summed E-state index contributed by atoms with van der Waals surface area (Å²) in [5, 5.41) is 21.5. The average Bonchev–Trinajstić information content (AvgIpc) is 3.47. The third kappa shape index (κ3) is 2.74. The number of fused-ring (bicyclic) bond motifs is 1. The highest BCUT2D eigenvalue weighted by Gasteiger charge is 2.64. The van der Waals surface area contributed by atoms with Gasteiger partial charge in [0.15, 0.2) is 0 Å².